The predicted octanol–water partition coefficient (Wildman–Crippen LogP) is 9.14. The summed E-state index contributed by atoms with van der Waals surface area (Å²) in [6.45, 7) is 15.3. The summed E-state index contributed by atoms with van der Waals surface area (Å²) in [7, 11) is 1.29. The Morgan fingerprint density at radius 3 is 1.85 bits per heavy atom. The van der Waals surface area contributed by atoms with Gasteiger partial charge in [-0.15, -0.1) is 0 Å². The molecule has 2 aliphatic rings. The number of hydrogen-bond acceptors (Lipinski definition) is 7. The van der Waals surface area contributed by atoms with E-state index < -0.39 is 24.3 Å². The second-order valence-electron chi connectivity index (χ2n) is 19.2. The highest BCUT2D eigenvalue weighted by molar-refractivity contribution is 5.87. The molecule has 2 fully saturated rings. The van der Waals surface area contributed by atoms with Gasteiger partial charge < -0.3 is 40.2 Å². The molecule has 344 valence electrons. The van der Waals surface area contributed by atoms with Crippen LogP contribution in [0, 0.1) is 11.8 Å². The van der Waals surface area contributed by atoms with Crippen LogP contribution in [0.25, 0.3) is 22.5 Å². The van der Waals surface area contributed by atoms with E-state index in [1.54, 1.807) is 11.1 Å². The molecule has 2 aromatic heterocycles. The number of hydrogen-bond donors (Lipinski definition) is 5. The number of aromatic amines is 2. The van der Waals surface area contributed by atoms with Gasteiger partial charge in [0, 0.05) is 30.8 Å². The molecular weight excluding hydrogens is 821 g/mol. The van der Waals surface area contributed by atoms with Crippen LogP contribution in [0.2, 0.25) is 0 Å². The summed E-state index contributed by atoms with van der Waals surface area (Å²) >= 11 is 0. The highest BCUT2D eigenvalue weighted by Gasteiger charge is 2.39. The smallest absolute Gasteiger partial charge is 0.407 e. The van der Waals surface area contributed by atoms with E-state index in [0.29, 0.717) is 18.9 Å². The molecule has 14 heteroatoms. The Labute approximate surface area is 382 Å². The maximum absolute atomic E-state index is 13.7. The Bertz CT molecular complexity index is 2430. The van der Waals surface area contributed by atoms with Gasteiger partial charge in [-0.2, -0.15) is 0 Å². The van der Waals surface area contributed by atoms with Crippen LogP contribution >= 0.6 is 0 Å². The van der Waals surface area contributed by atoms with Crippen LogP contribution in [0.15, 0.2) is 85.2 Å². The zero-order valence-electron chi connectivity index (χ0n) is 38.9. The molecule has 0 saturated carbocycles. The van der Waals surface area contributed by atoms with Crippen molar-refractivity contribution < 1.29 is 29.0 Å². The van der Waals surface area contributed by atoms with Gasteiger partial charge >= 0.3 is 12.2 Å². The first-order valence-electron chi connectivity index (χ1n) is 22.9. The molecule has 0 bridgehead atoms. The van der Waals surface area contributed by atoms with Gasteiger partial charge in [-0.1, -0.05) is 121 Å². The molecule has 0 radical (unpaired) electrons. The van der Waals surface area contributed by atoms with E-state index in [9.17, 15) is 24.3 Å². The number of carbonyl (C=O) groups excluding carboxylic acids is 3. The third-order valence-electron chi connectivity index (χ3n) is 13.0. The first-order valence-corrected chi connectivity index (χ1v) is 22.9. The topological polar surface area (TPSA) is 186 Å². The van der Waals surface area contributed by atoms with Gasteiger partial charge in [0.05, 0.1) is 36.8 Å². The lowest BCUT2D eigenvalue weighted by atomic mass is 9.82. The van der Waals surface area contributed by atoms with Crippen molar-refractivity contribution >= 4 is 24.0 Å². The van der Waals surface area contributed by atoms with Crippen LogP contribution < -0.4 is 10.6 Å². The molecule has 0 aliphatic carbocycles. The molecule has 2 saturated heterocycles. The summed E-state index contributed by atoms with van der Waals surface area (Å²) in [5, 5.41) is 14.5. The number of carbonyl (C=O) groups is 4. The molecule has 2 aliphatic heterocycles. The van der Waals surface area contributed by atoms with Gasteiger partial charge in [-0.05, 0) is 77.2 Å². The summed E-state index contributed by atoms with van der Waals surface area (Å²) in [5.74, 6) is 0.810. The number of imidazole rings is 2. The third-order valence-corrected chi connectivity index (χ3v) is 13.0. The minimum absolute atomic E-state index is 0.0268. The number of methoxy groups -OCH3 is 1. The number of aromatic nitrogens is 4. The van der Waals surface area contributed by atoms with E-state index in [0.717, 1.165) is 60.4 Å². The van der Waals surface area contributed by atoms with Crippen LogP contribution in [0.3, 0.4) is 0 Å². The second-order valence-corrected chi connectivity index (χ2v) is 19.2. The molecule has 4 amide bonds. The third kappa shape index (κ3) is 10.6. The van der Waals surface area contributed by atoms with Gasteiger partial charge in [-0.3, -0.25) is 9.59 Å². The van der Waals surface area contributed by atoms with Crippen molar-refractivity contribution in [3.63, 3.8) is 0 Å². The Kier molecular flexibility index (Phi) is 14.1. The molecule has 1 unspecified atom stereocenters. The maximum atomic E-state index is 13.7. The number of amides is 4. The van der Waals surface area contributed by atoms with Crippen molar-refractivity contribution in [1.82, 2.24) is 40.4 Å². The van der Waals surface area contributed by atoms with Crippen LogP contribution in [-0.2, 0) is 26.2 Å². The highest BCUT2D eigenvalue weighted by Crippen LogP contribution is 2.36. The Morgan fingerprint density at radius 1 is 0.769 bits per heavy atom. The number of alkyl carbamates (subject to hydrolysis) is 1. The molecule has 5 aromatic rings. The number of nitrogens with zero attached hydrogens (tertiary/aromatic N) is 4. The van der Waals surface area contributed by atoms with E-state index in [-0.39, 0.29) is 47.1 Å². The molecule has 5 atom stereocenters. The Morgan fingerprint density at radius 2 is 1.31 bits per heavy atom. The van der Waals surface area contributed by atoms with Crippen LogP contribution in [-0.4, -0.2) is 91.1 Å². The monoisotopic (exact) mass is 884 g/mol. The first-order chi connectivity index (χ1) is 31.0. The number of H-pyrrole nitrogens is 2. The van der Waals surface area contributed by atoms with Gasteiger partial charge in [-0.25, -0.2) is 19.6 Å². The standard InChI is InChI=1S/C51H64N8O6/c1-30(2)43(56-49(62)63)47(60)58-25-9-11-41(58)45-52-28-39(54-45)35-15-13-32(14-16-35)27-38(34-21-23-37(24-22-34)51(5,6)7)33-17-19-36(20-18-33)40-29-53-46(55-40)42-12-10-26-59(42)48(61)44(31(3)4)57-50(64)65-8/h13-24,28-31,38,41-44,56H,9-12,25-27H2,1-8H3,(H,52,54)(H,53,55)(H,57,64)(H,62,63)/t38?,41-,42-,43-,44-/m0/s1. The number of nitrogens with one attached hydrogen (secondary N) is 4. The van der Waals surface area contributed by atoms with Crippen LogP contribution in [0.1, 0.15) is 126 Å². The molecule has 65 heavy (non-hydrogen) atoms. The minimum atomic E-state index is -1.21. The van der Waals surface area contributed by atoms with Crippen molar-refractivity contribution in [3.05, 3.63) is 119 Å². The molecular formula is C51H64N8O6. The minimum Gasteiger partial charge on any atom is -0.465 e. The van der Waals surface area contributed by atoms with E-state index >= 15 is 0 Å². The fourth-order valence-corrected chi connectivity index (χ4v) is 9.23. The van der Waals surface area contributed by atoms with Crippen molar-refractivity contribution in [1.29, 1.82) is 0 Å². The molecule has 3 aromatic carbocycles. The average molecular weight is 885 g/mol. The molecule has 7 rings (SSSR count). The van der Waals surface area contributed by atoms with E-state index in [2.05, 4.69) is 114 Å². The van der Waals surface area contributed by atoms with Crippen LogP contribution in [0.5, 0.6) is 0 Å². The number of likely N-dealkylation sites (tertiary alicyclic amines) is 2. The van der Waals surface area contributed by atoms with Gasteiger partial charge in [0.1, 0.15) is 23.7 Å². The Hall–Kier alpha value is -6.44. The van der Waals surface area contributed by atoms with Crippen molar-refractivity contribution in [2.75, 3.05) is 20.2 Å². The zero-order valence-corrected chi connectivity index (χ0v) is 38.9. The van der Waals surface area contributed by atoms with Crippen molar-refractivity contribution in [3.8, 4) is 22.5 Å². The summed E-state index contributed by atoms with van der Waals surface area (Å²) < 4.78 is 4.80. The van der Waals surface area contributed by atoms with Gasteiger partial charge in [0.25, 0.3) is 0 Å². The molecule has 4 heterocycles. The molecule has 14 nitrogen and oxygen atoms in total. The van der Waals surface area contributed by atoms with E-state index in [1.807, 2.05) is 38.8 Å². The average Bonchev–Trinajstić information content (AvgIpc) is 4.13. The SMILES string of the molecule is COC(=O)N[C@H](C(=O)N1CCC[C@H]1c1nc(-c2ccc(C(Cc3ccc(-c4cnc([C@@H]5CCCN5C(=O)[C@@H](NC(=O)O)C(C)C)[nH]4)cc3)c3ccc(C(C)(C)C)cc3)cc2)c[nH]1)C(C)C. The first kappa shape index (κ1) is 46.5. The Balaban J connectivity index is 1.09. The normalized spacial score (nSPS) is 17.9. The van der Waals surface area contributed by atoms with Crippen molar-refractivity contribution in [2.45, 2.75) is 116 Å². The lowest BCUT2D eigenvalue weighted by molar-refractivity contribution is -0.136. The second kappa shape index (κ2) is 19.7. The van der Waals surface area contributed by atoms with Crippen LogP contribution in [0.4, 0.5) is 9.59 Å². The van der Waals surface area contributed by atoms with Gasteiger partial charge in [0.15, 0.2) is 0 Å². The van der Waals surface area contributed by atoms with Crippen molar-refractivity contribution in [2.24, 2.45) is 11.8 Å². The number of benzene rings is 3. The summed E-state index contributed by atoms with van der Waals surface area (Å²) in [6, 6.07) is 24.1. The predicted molar refractivity (Wildman–Crippen MR) is 250 cm³/mol. The largest absolute Gasteiger partial charge is 0.465 e. The van der Waals surface area contributed by atoms with E-state index in [1.165, 1.54) is 29.4 Å². The summed E-state index contributed by atoms with van der Waals surface area (Å²) in [5.41, 5.74) is 8.46. The summed E-state index contributed by atoms with van der Waals surface area (Å²) in [4.78, 5) is 70.9. The zero-order chi connectivity index (χ0) is 46.6. The quantitative estimate of drug-likeness (QED) is 0.0731. The van der Waals surface area contributed by atoms with Gasteiger partial charge in [0.2, 0.25) is 11.8 Å². The molecule has 0 spiro atoms. The lowest BCUT2D eigenvalue weighted by Crippen LogP contribution is -2.51. The van der Waals surface area contributed by atoms with E-state index in [4.69, 9.17) is 14.7 Å². The molecule has 5 N–H and O–H groups in total. The number of carboxylic acid groups (broad SMARTS) is 1. The number of ether oxygens (including phenoxy) is 1. The maximum Gasteiger partial charge on any atom is 0.407 e. The fraction of sp³-hybridized carbons (Fsp3) is 0.451. The summed E-state index contributed by atoms with van der Waals surface area (Å²) in [6.07, 6.45) is 5.81. The fourth-order valence-electron chi connectivity index (χ4n) is 9.23. The number of rotatable bonds is 14. The highest BCUT2D eigenvalue weighted by atomic mass is 16.5. The lowest BCUT2D eigenvalue weighted by Gasteiger charge is -2.29.